The van der Waals surface area contributed by atoms with Gasteiger partial charge in [0.15, 0.2) is 0 Å². The highest BCUT2D eigenvalue weighted by molar-refractivity contribution is 6.13. The second-order valence-electron chi connectivity index (χ2n) is 3.17. The minimum atomic E-state index is -0.811. The summed E-state index contributed by atoms with van der Waals surface area (Å²) in [5, 5.41) is 0. The van der Waals surface area contributed by atoms with Crippen molar-refractivity contribution in [2.75, 3.05) is 0 Å². The average Bonchev–Trinajstić information content (AvgIpc) is 2.27. The van der Waals surface area contributed by atoms with Crippen LogP contribution in [0.3, 0.4) is 0 Å². The molecular weight excluding hydrogens is 208 g/mol. The molecule has 0 radical (unpaired) electrons. The molecule has 0 saturated heterocycles. The zero-order valence-corrected chi connectivity index (χ0v) is 9.56. The SMILES string of the molecule is C=CC(C)OC(=O)C(=C)C(=O)OC(C)C=C. The quantitative estimate of drug-likeness (QED) is 0.227. The summed E-state index contributed by atoms with van der Waals surface area (Å²) in [6.45, 7) is 13.4. The fourth-order valence-corrected chi connectivity index (χ4v) is 0.659. The Morgan fingerprint density at radius 3 is 1.56 bits per heavy atom. The molecule has 0 aliphatic rings. The van der Waals surface area contributed by atoms with Crippen molar-refractivity contribution in [2.45, 2.75) is 26.1 Å². The summed E-state index contributed by atoms with van der Waals surface area (Å²) in [4.78, 5) is 22.7. The Hall–Kier alpha value is -1.84. The smallest absolute Gasteiger partial charge is 0.345 e. The van der Waals surface area contributed by atoms with Crippen molar-refractivity contribution in [1.29, 1.82) is 0 Å². The number of rotatable bonds is 6. The molecule has 4 heteroatoms. The van der Waals surface area contributed by atoms with Gasteiger partial charge in [0.2, 0.25) is 0 Å². The Balaban J connectivity index is 4.33. The lowest BCUT2D eigenvalue weighted by Crippen LogP contribution is -2.22. The Kier molecular flexibility index (Phi) is 5.85. The highest BCUT2D eigenvalue weighted by Crippen LogP contribution is 2.04. The number of carbonyl (C=O) groups is 2. The van der Waals surface area contributed by atoms with Gasteiger partial charge in [-0.05, 0) is 13.8 Å². The van der Waals surface area contributed by atoms with Crippen LogP contribution in [-0.4, -0.2) is 24.1 Å². The summed E-state index contributed by atoms with van der Waals surface area (Å²) in [6.07, 6.45) is 1.91. The molecule has 4 nitrogen and oxygen atoms in total. The molecule has 0 spiro atoms. The number of esters is 2. The molecule has 0 aromatic carbocycles. The third kappa shape index (κ3) is 4.59. The van der Waals surface area contributed by atoms with Crippen LogP contribution >= 0.6 is 0 Å². The molecule has 88 valence electrons. The maximum absolute atomic E-state index is 11.3. The van der Waals surface area contributed by atoms with Crippen molar-refractivity contribution in [1.82, 2.24) is 0 Å². The zero-order valence-electron chi connectivity index (χ0n) is 9.56. The van der Waals surface area contributed by atoms with E-state index in [1.807, 2.05) is 0 Å². The first-order chi connectivity index (χ1) is 7.42. The van der Waals surface area contributed by atoms with Crippen LogP contribution in [0.5, 0.6) is 0 Å². The van der Waals surface area contributed by atoms with Gasteiger partial charge in [-0.2, -0.15) is 0 Å². The number of hydrogen-bond acceptors (Lipinski definition) is 4. The number of hydrogen-bond donors (Lipinski definition) is 0. The van der Waals surface area contributed by atoms with Gasteiger partial charge in [0.1, 0.15) is 17.8 Å². The molecule has 0 aliphatic carbocycles. The molecule has 16 heavy (non-hydrogen) atoms. The van der Waals surface area contributed by atoms with E-state index in [0.717, 1.165) is 0 Å². The maximum atomic E-state index is 11.3. The van der Waals surface area contributed by atoms with E-state index >= 15 is 0 Å². The molecule has 0 aliphatic heterocycles. The summed E-state index contributed by atoms with van der Waals surface area (Å²) in [5.41, 5.74) is -0.345. The van der Waals surface area contributed by atoms with Crippen molar-refractivity contribution in [3.63, 3.8) is 0 Å². The summed E-state index contributed by atoms with van der Waals surface area (Å²) in [6, 6.07) is 0. The molecule has 0 saturated carbocycles. The average molecular weight is 224 g/mol. The molecular formula is C12H16O4. The highest BCUT2D eigenvalue weighted by Gasteiger charge is 2.21. The Morgan fingerprint density at radius 1 is 1.00 bits per heavy atom. The van der Waals surface area contributed by atoms with E-state index < -0.39 is 24.1 Å². The van der Waals surface area contributed by atoms with Crippen LogP contribution in [0.4, 0.5) is 0 Å². The van der Waals surface area contributed by atoms with Gasteiger partial charge in [0, 0.05) is 0 Å². The van der Waals surface area contributed by atoms with Gasteiger partial charge in [-0.25, -0.2) is 9.59 Å². The molecule has 2 unspecified atom stereocenters. The molecule has 0 heterocycles. The van der Waals surface area contributed by atoms with Gasteiger partial charge in [-0.3, -0.25) is 0 Å². The fourth-order valence-electron chi connectivity index (χ4n) is 0.659. The van der Waals surface area contributed by atoms with Crippen LogP contribution in [0, 0.1) is 0 Å². The lowest BCUT2D eigenvalue weighted by Gasteiger charge is -2.12. The Labute approximate surface area is 95.2 Å². The second-order valence-corrected chi connectivity index (χ2v) is 3.17. The predicted octanol–water partition coefficient (Wildman–Crippen LogP) is 1.78. The van der Waals surface area contributed by atoms with E-state index in [9.17, 15) is 9.59 Å². The van der Waals surface area contributed by atoms with Crippen LogP contribution in [0.15, 0.2) is 37.5 Å². The van der Waals surface area contributed by atoms with Crippen molar-refractivity contribution in [2.24, 2.45) is 0 Å². The van der Waals surface area contributed by atoms with Crippen LogP contribution in [-0.2, 0) is 19.1 Å². The van der Waals surface area contributed by atoms with Gasteiger partial charge in [-0.15, -0.1) is 0 Å². The van der Waals surface area contributed by atoms with E-state index in [-0.39, 0.29) is 5.57 Å². The summed E-state index contributed by atoms with van der Waals surface area (Å²) < 4.78 is 9.63. The maximum Gasteiger partial charge on any atom is 0.345 e. The fraction of sp³-hybridized carbons (Fsp3) is 0.333. The minimum Gasteiger partial charge on any atom is -0.455 e. The Morgan fingerprint density at radius 2 is 1.31 bits per heavy atom. The lowest BCUT2D eigenvalue weighted by atomic mass is 10.3. The van der Waals surface area contributed by atoms with Crippen molar-refractivity contribution < 1.29 is 19.1 Å². The minimum absolute atomic E-state index is 0.345. The van der Waals surface area contributed by atoms with E-state index in [2.05, 4.69) is 19.7 Å². The van der Waals surface area contributed by atoms with Crippen molar-refractivity contribution in [3.8, 4) is 0 Å². The van der Waals surface area contributed by atoms with Gasteiger partial charge in [-0.1, -0.05) is 31.9 Å². The molecule has 0 amide bonds. The third-order valence-electron chi connectivity index (χ3n) is 1.74. The molecule has 0 rings (SSSR count). The largest absolute Gasteiger partial charge is 0.455 e. The van der Waals surface area contributed by atoms with Gasteiger partial charge in [0.25, 0.3) is 0 Å². The van der Waals surface area contributed by atoms with Crippen LogP contribution in [0.1, 0.15) is 13.8 Å². The number of carbonyl (C=O) groups excluding carboxylic acids is 2. The van der Waals surface area contributed by atoms with E-state index in [0.29, 0.717) is 0 Å². The zero-order chi connectivity index (χ0) is 12.7. The third-order valence-corrected chi connectivity index (χ3v) is 1.74. The standard InChI is InChI=1S/C12H16O4/c1-6-8(3)15-11(13)10(5)12(14)16-9(4)7-2/h6-9H,1-2,5H2,3-4H3. The first-order valence-electron chi connectivity index (χ1n) is 4.78. The van der Waals surface area contributed by atoms with Crippen LogP contribution < -0.4 is 0 Å². The van der Waals surface area contributed by atoms with Crippen LogP contribution in [0.25, 0.3) is 0 Å². The summed E-state index contributed by atoms with van der Waals surface area (Å²) >= 11 is 0. The second kappa shape index (κ2) is 6.61. The van der Waals surface area contributed by atoms with Crippen LogP contribution in [0.2, 0.25) is 0 Å². The summed E-state index contributed by atoms with van der Waals surface area (Å²) in [5.74, 6) is -1.62. The Bertz CT molecular complexity index is 287. The van der Waals surface area contributed by atoms with E-state index in [1.54, 1.807) is 13.8 Å². The molecule has 0 aromatic rings. The van der Waals surface area contributed by atoms with Gasteiger partial charge in [0.05, 0.1) is 0 Å². The first kappa shape index (κ1) is 14.2. The topological polar surface area (TPSA) is 52.6 Å². The number of ether oxygens (including phenoxy) is 2. The predicted molar refractivity (Wildman–Crippen MR) is 60.6 cm³/mol. The van der Waals surface area contributed by atoms with E-state index in [1.165, 1.54) is 12.2 Å². The van der Waals surface area contributed by atoms with Crippen molar-refractivity contribution >= 4 is 11.9 Å². The highest BCUT2D eigenvalue weighted by atomic mass is 16.6. The molecule has 0 fully saturated rings. The van der Waals surface area contributed by atoms with E-state index in [4.69, 9.17) is 9.47 Å². The monoisotopic (exact) mass is 224 g/mol. The van der Waals surface area contributed by atoms with Crippen molar-refractivity contribution in [3.05, 3.63) is 37.5 Å². The lowest BCUT2D eigenvalue weighted by molar-refractivity contribution is -0.149. The van der Waals surface area contributed by atoms with Gasteiger partial charge < -0.3 is 9.47 Å². The first-order valence-corrected chi connectivity index (χ1v) is 4.78. The molecule has 0 N–H and O–H groups in total. The molecule has 0 bridgehead atoms. The molecule has 0 aromatic heterocycles. The molecule has 2 atom stereocenters. The summed E-state index contributed by atoms with van der Waals surface area (Å²) in [7, 11) is 0. The van der Waals surface area contributed by atoms with Gasteiger partial charge >= 0.3 is 11.9 Å². The normalized spacial score (nSPS) is 13.1.